The van der Waals surface area contributed by atoms with Gasteiger partial charge in [0.1, 0.15) is 0 Å². The lowest BCUT2D eigenvalue weighted by molar-refractivity contribution is 0.200. The normalized spacial score (nSPS) is 13.8. The van der Waals surface area contributed by atoms with E-state index in [1.807, 2.05) is 18.2 Å². The zero-order valence-corrected chi connectivity index (χ0v) is 13.1. The van der Waals surface area contributed by atoms with Gasteiger partial charge in [-0.3, -0.25) is 4.21 Å². The molecule has 0 heterocycles. The standard InChI is InChI=1S/C14H23NO4S/c1-17-7-4-8-20(16)10-12(15)11-5-6-13(18-2)14(9-11)19-3/h5-6,9,12H,4,7-8,10,15H2,1-3H3. The molecule has 0 saturated heterocycles. The lowest BCUT2D eigenvalue weighted by Gasteiger charge is -2.14. The van der Waals surface area contributed by atoms with E-state index in [-0.39, 0.29) is 6.04 Å². The molecule has 0 aliphatic rings. The molecule has 1 aromatic rings. The number of rotatable bonds is 9. The predicted molar refractivity (Wildman–Crippen MR) is 80.8 cm³/mol. The first-order chi connectivity index (χ1) is 9.62. The van der Waals surface area contributed by atoms with Crippen molar-refractivity contribution in [2.45, 2.75) is 12.5 Å². The van der Waals surface area contributed by atoms with Gasteiger partial charge in [0.05, 0.1) is 14.2 Å². The van der Waals surface area contributed by atoms with Crippen LogP contribution in [0.15, 0.2) is 18.2 Å². The van der Waals surface area contributed by atoms with Gasteiger partial charge in [0.15, 0.2) is 11.5 Å². The van der Waals surface area contributed by atoms with Gasteiger partial charge in [-0.05, 0) is 24.1 Å². The van der Waals surface area contributed by atoms with E-state index in [0.29, 0.717) is 29.6 Å². The first kappa shape index (κ1) is 16.9. The molecule has 1 aromatic carbocycles. The number of nitrogens with two attached hydrogens (primary N) is 1. The second-order valence-electron chi connectivity index (χ2n) is 4.38. The topological polar surface area (TPSA) is 70.8 Å². The van der Waals surface area contributed by atoms with E-state index in [2.05, 4.69) is 0 Å². The molecule has 0 amide bonds. The van der Waals surface area contributed by atoms with E-state index in [9.17, 15) is 4.21 Å². The summed E-state index contributed by atoms with van der Waals surface area (Å²) in [6.45, 7) is 0.622. The highest BCUT2D eigenvalue weighted by molar-refractivity contribution is 7.85. The van der Waals surface area contributed by atoms with Crippen LogP contribution in [-0.4, -0.2) is 43.7 Å². The molecule has 0 aliphatic carbocycles. The molecule has 0 fully saturated rings. The van der Waals surface area contributed by atoms with Crippen molar-refractivity contribution in [1.82, 2.24) is 0 Å². The summed E-state index contributed by atoms with van der Waals surface area (Å²) >= 11 is 0. The molecule has 20 heavy (non-hydrogen) atoms. The van der Waals surface area contributed by atoms with Gasteiger partial charge in [-0.1, -0.05) is 6.07 Å². The number of methoxy groups -OCH3 is 3. The Kier molecular flexibility index (Phi) is 7.58. The quantitative estimate of drug-likeness (QED) is 0.700. The largest absolute Gasteiger partial charge is 0.493 e. The van der Waals surface area contributed by atoms with E-state index < -0.39 is 10.8 Å². The third-order valence-electron chi connectivity index (χ3n) is 2.92. The first-order valence-corrected chi connectivity index (χ1v) is 7.92. The third-order valence-corrected chi connectivity index (χ3v) is 4.40. The van der Waals surface area contributed by atoms with Crippen LogP contribution in [0.2, 0.25) is 0 Å². The first-order valence-electron chi connectivity index (χ1n) is 6.43. The van der Waals surface area contributed by atoms with Gasteiger partial charge in [0.2, 0.25) is 0 Å². The number of benzene rings is 1. The summed E-state index contributed by atoms with van der Waals surface area (Å²) in [4.78, 5) is 0. The van der Waals surface area contributed by atoms with Crippen molar-refractivity contribution in [3.63, 3.8) is 0 Å². The van der Waals surface area contributed by atoms with Crippen molar-refractivity contribution in [1.29, 1.82) is 0 Å². The van der Waals surface area contributed by atoms with Crippen LogP contribution < -0.4 is 15.2 Å². The zero-order valence-electron chi connectivity index (χ0n) is 12.3. The second kappa shape index (κ2) is 8.94. The van der Waals surface area contributed by atoms with Crippen LogP contribution in [0, 0.1) is 0 Å². The van der Waals surface area contributed by atoms with Crippen LogP contribution in [0.3, 0.4) is 0 Å². The van der Waals surface area contributed by atoms with Gasteiger partial charge in [-0.25, -0.2) is 0 Å². The van der Waals surface area contributed by atoms with Crippen molar-refractivity contribution >= 4 is 10.8 Å². The van der Waals surface area contributed by atoms with Crippen LogP contribution in [0.25, 0.3) is 0 Å². The minimum atomic E-state index is -0.945. The van der Waals surface area contributed by atoms with Crippen molar-refractivity contribution in [3.05, 3.63) is 23.8 Å². The highest BCUT2D eigenvalue weighted by Gasteiger charge is 2.13. The summed E-state index contributed by atoms with van der Waals surface area (Å²) in [6, 6.07) is 5.23. The van der Waals surface area contributed by atoms with E-state index >= 15 is 0 Å². The average Bonchev–Trinajstić information content (AvgIpc) is 2.46. The zero-order chi connectivity index (χ0) is 15.0. The Labute approximate surface area is 122 Å². The van der Waals surface area contributed by atoms with Gasteiger partial charge in [0.25, 0.3) is 0 Å². The summed E-state index contributed by atoms with van der Waals surface area (Å²) in [5.74, 6) is 2.32. The van der Waals surface area contributed by atoms with Crippen molar-refractivity contribution in [2.75, 3.05) is 39.4 Å². The maximum Gasteiger partial charge on any atom is 0.161 e. The lowest BCUT2D eigenvalue weighted by Crippen LogP contribution is -2.20. The monoisotopic (exact) mass is 301 g/mol. The maximum atomic E-state index is 11.9. The SMILES string of the molecule is COCCCS(=O)CC(N)c1ccc(OC)c(OC)c1. The molecule has 2 N–H and O–H groups in total. The van der Waals surface area contributed by atoms with Gasteiger partial charge in [0, 0.05) is 42.1 Å². The summed E-state index contributed by atoms with van der Waals surface area (Å²) in [6.07, 6.45) is 0.780. The maximum absolute atomic E-state index is 11.9. The molecule has 0 spiro atoms. The molecule has 5 nitrogen and oxygen atoms in total. The number of hydrogen-bond donors (Lipinski definition) is 1. The van der Waals surface area contributed by atoms with Crippen LogP contribution in [0.5, 0.6) is 11.5 Å². The minimum Gasteiger partial charge on any atom is -0.493 e. The third kappa shape index (κ3) is 5.11. The molecule has 114 valence electrons. The molecule has 1 rings (SSSR count). The Morgan fingerprint density at radius 1 is 1.20 bits per heavy atom. The van der Waals surface area contributed by atoms with E-state index in [4.69, 9.17) is 19.9 Å². The van der Waals surface area contributed by atoms with Gasteiger partial charge < -0.3 is 19.9 Å². The van der Waals surface area contributed by atoms with Gasteiger partial charge in [-0.2, -0.15) is 0 Å². The van der Waals surface area contributed by atoms with Crippen molar-refractivity contribution < 1.29 is 18.4 Å². The highest BCUT2D eigenvalue weighted by Crippen LogP contribution is 2.29. The molecule has 0 radical (unpaired) electrons. The Hall–Kier alpha value is -1.11. The van der Waals surface area contributed by atoms with Crippen LogP contribution in [-0.2, 0) is 15.5 Å². The fraction of sp³-hybridized carbons (Fsp3) is 0.571. The van der Waals surface area contributed by atoms with E-state index in [0.717, 1.165) is 12.0 Å². The van der Waals surface area contributed by atoms with Crippen molar-refractivity contribution in [3.8, 4) is 11.5 Å². The molecule has 0 aliphatic heterocycles. The molecule has 0 bridgehead atoms. The second-order valence-corrected chi connectivity index (χ2v) is 6.00. The molecule has 6 heteroatoms. The van der Waals surface area contributed by atoms with Crippen LogP contribution in [0.4, 0.5) is 0 Å². The van der Waals surface area contributed by atoms with Gasteiger partial charge >= 0.3 is 0 Å². The fourth-order valence-corrected chi connectivity index (χ4v) is 3.03. The smallest absolute Gasteiger partial charge is 0.161 e. The molecule has 2 atom stereocenters. The van der Waals surface area contributed by atoms with E-state index in [1.54, 1.807) is 21.3 Å². The van der Waals surface area contributed by atoms with Crippen molar-refractivity contribution in [2.24, 2.45) is 5.73 Å². The fourth-order valence-electron chi connectivity index (χ4n) is 1.83. The highest BCUT2D eigenvalue weighted by atomic mass is 32.2. The average molecular weight is 301 g/mol. The Bertz CT molecular complexity index is 439. The number of ether oxygens (including phenoxy) is 3. The van der Waals surface area contributed by atoms with E-state index in [1.165, 1.54) is 0 Å². The summed E-state index contributed by atoms with van der Waals surface area (Å²) < 4.78 is 27.3. The summed E-state index contributed by atoms with van der Waals surface area (Å²) in [5.41, 5.74) is 6.99. The summed E-state index contributed by atoms with van der Waals surface area (Å²) in [7, 11) is 3.86. The molecule has 0 saturated carbocycles. The Balaban J connectivity index is 2.63. The molecule has 2 unspecified atom stereocenters. The Morgan fingerprint density at radius 2 is 1.90 bits per heavy atom. The number of hydrogen-bond acceptors (Lipinski definition) is 5. The van der Waals surface area contributed by atoms with Crippen LogP contribution in [0.1, 0.15) is 18.0 Å². The van der Waals surface area contributed by atoms with Gasteiger partial charge in [-0.15, -0.1) is 0 Å². The molecular formula is C14H23NO4S. The Morgan fingerprint density at radius 3 is 2.50 bits per heavy atom. The minimum absolute atomic E-state index is 0.279. The molecular weight excluding hydrogens is 278 g/mol. The summed E-state index contributed by atoms with van der Waals surface area (Å²) in [5, 5.41) is 0. The predicted octanol–water partition coefficient (Wildman–Crippen LogP) is 1.49. The molecule has 0 aromatic heterocycles. The lowest BCUT2D eigenvalue weighted by atomic mass is 10.1. The van der Waals surface area contributed by atoms with Crippen LogP contribution >= 0.6 is 0 Å².